The molecule has 0 aliphatic heterocycles. The lowest BCUT2D eigenvalue weighted by Gasteiger charge is -2.20. The average Bonchev–Trinajstić information content (AvgIpc) is 2.39. The van der Waals surface area contributed by atoms with Crippen LogP contribution in [0.1, 0.15) is 39.3 Å². The number of rotatable bonds is 8. The van der Waals surface area contributed by atoms with Gasteiger partial charge in [-0.25, -0.2) is 0 Å². The van der Waals surface area contributed by atoms with Gasteiger partial charge in [-0.05, 0) is 31.2 Å². The maximum absolute atomic E-state index is 12.2. The summed E-state index contributed by atoms with van der Waals surface area (Å²) in [5.74, 6) is 0. The van der Waals surface area contributed by atoms with E-state index < -0.39 is 10.2 Å². The van der Waals surface area contributed by atoms with E-state index in [0.717, 1.165) is 12.1 Å². The summed E-state index contributed by atoms with van der Waals surface area (Å²) in [4.78, 5) is 0. The molecule has 0 amide bonds. The molecule has 0 aromatic heterocycles. The molecule has 0 aliphatic carbocycles. The van der Waals surface area contributed by atoms with Crippen LogP contribution in [0.2, 0.25) is 0 Å². The first-order chi connectivity index (χ1) is 9.44. The van der Waals surface area contributed by atoms with Crippen LogP contribution < -0.4 is 10.0 Å². The van der Waals surface area contributed by atoms with E-state index >= 15 is 0 Å². The molecule has 1 aromatic rings. The van der Waals surface area contributed by atoms with E-state index in [1.54, 1.807) is 6.07 Å². The molecule has 1 rings (SSSR count). The molecule has 5 nitrogen and oxygen atoms in total. The summed E-state index contributed by atoms with van der Waals surface area (Å²) >= 11 is 0. The summed E-state index contributed by atoms with van der Waals surface area (Å²) in [7, 11) is -3.47. The highest BCUT2D eigenvalue weighted by molar-refractivity contribution is 7.90. The van der Waals surface area contributed by atoms with Gasteiger partial charge in [0.05, 0.1) is 5.69 Å². The molecule has 1 atom stereocenters. The van der Waals surface area contributed by atoms with E-state index in [9.17, 15) is 8.42 Å². The first kappa shape index (κ1) is 16.9. The van der Waals surface area contributed by atoms with Crippen molar-refractivity contribution >= 4 is 15.9 Å². The number of nitrogens with zero attached hydrogens (tertiary/aromatic N) is 1. The van der Waals surface area contributed by atoms with E-state index in [2.05, 4.69) is 17.0 Å². The maximum atomic E-state index is 12.2. The topological polar surface area (TPSA) is 61.4 Å². The predicted octanol–water partition coefficient (Wildman–Crippen LogP) is 2.36. The molecule has 114 valence electrons. The summed E-state index contributed by atoms with van der Waals surface area (Å²) in [5, 5.41) is 3.31. The molecular weight excluding hydrogens is 274 g/mol. The summed E-state index contributed by atoms with van der Waals surface area (Å²) in [5.41, 5.74) is 1.66. The second kappa shape index (κ2) is 7.61. The zero-order chi connectivity index (χ0) is 15.2. The van der Waals surface area contributed by atoms with Crippen LogP contribution in [-0.2, 0) is 10.2 Å². The number of nitrogens with one attached hydrogen (secondary N) is 2. The van der Waals surface area contributed by atoms with E-state index in [-0.39, 0.29) is 6.04 Å². The van der Waals surface area contributed by atoms with Gasteiger partial charge in [-0.15, -0.1) is 0 Å². The van der Waals surface area contributed by atoms with Gasteiger partial charge in [-0.2, -0.15) is 12.7 Å². The van der Waals surface area contributed by atoms with Crippen molar-refractivity contribution in [3.63, 3.8) is 0 Å². The van der Waals surface area contributed by atoms with Crippen LogP contribution in [0.4, 0.5) is 5.69 Å². The quantitative estimate of drug-likeness (QED) is 0.774. The summed E-state index contributed by atoms with van der Waals surface area (Å²) in [6.45, 7) is 9.54. The summed E-state index contributed by atoms with van der Waals surface area (Å²) in [6.07, 6.45) is 0. The molecule has 0 heterocycles. The van der Waals surface area contributed by atoms with Gasteiger partial charge < -0.3 is 5.32 Å². The molecule has 0 aliphatic rings. The Morgan fingerprint density at radius 3 is 2.40 bits per heavy atom. The Kier molecular flexibility index (Phi) is 6.45. The largest absolute Gasteiger partial charge is 0.310 e. The van der Waals surface area contributed by atoms with Gasteiger partial charge in [0.2, 0.25) is 0 Å². The van der Waals surface area contributed by atoms with Crippen molar-refractivity contribution in [3.05, 3.63) is 29.8 Å². The summed E-state index contributed by atoms with van der Waals surface area (Å²) in [6, 6.07) is 7.68. The SMILES string of the molecule is CCNC(C)c1cccc(NS(=O)(=O)N(CC)CC)c1. The van der Waals surface area contributed by atoms with Crippen LogP contribution in [0.3, 0.4) is 0 Å². The second-order valence-corrected chi connectivity index (χ2v) is 6.27. The van der Waals surface area contributed by atoms with E-state index in [1.807, 2.05) is 39.0 Å². The molecule has 1 aromatic carbocycles. The van der Waals surface area contributed by atoms with E-state index in [4.69, 9.17) is 0 Å². The third-order valence-electron chi connectivity index (χ3n) is 3.19. The third kappa shape index (κ3) is 4.47. The molecule has 0 spiro atoms. The van der Waals surface area contributed by atoms with E-state index in [1.165, 1.54) is 4.31 Å². The van der Waals surface area contributed by atoms with Gasteiger partial charge in [0, 0.05) is 19.1 Å². The zero-order valence-corrected chi connectivity index (χ0v) is 13.5. The minimum Gasteiger partial charge on any atom is -0.310 e. The Morgan fingerprint density at radius 2 is 1.85 bits per heavy atom. The standard InChI is InChI=1S/C14H25N3O2S/c1-5-15-12(4)13-9-8-10-14(11-13)16-20(18,19)17(6-2)7-3/h8-12,15-16H,5-7H2,1-4H3. The van der Waals surface area contributed by atoms with Gasteiger partial charge in [0.15, 0.2) is 0 Å². The molecule has 0 saturated carbocycles. The second-order valence-electron chi connectivity index (χ2n) is 4.60. The highest BCUT2D eigenvalue weighted by Crippen LogP contribution is 2.19. The molecule has 2 N–H and O–H groups in total. The van der Waals surface area contributed by atoms with Crippen LogP contribution in [0.25, 0.3) is 0 Å². The van der Waals surface area contributed by atoms with E-state index in [0.29, 0.717) is 18.8 Å². The average molecular weight is 299 g/mol. The Hall–Kier alpha value is -1.11. The van der Waals surface area contributed by atoms with Crippen molar-refractivity contribution < 1.29 is 8.42 Å². The summed E-state index contributed by atoms with van der Waals surface area (Å²) < 4.78 is 28.4. The lowest BCUT2D eigenvalue weighted by atomic mass is 10.1. The fourth-order valence-corrected chi connectivity index (χ4v) is 3.31. The number of anilines is 1. The molecular formula is C14H25N3O2S. The van der Waals surface area contributed by atoms with Crippen molar-refractivity contribution in [2.75, 3.05) is 24.4 Å². The highest BCUT2D eigenvalue weighted by atomic mass is 32.2. The number of benzene rings is 1. The molecule has 6 heteroatoms. The normalized spacial score (nSPS) is 13.4. The molecule has 20 heavy (non-hydrogen) atoms. The molecule has 0 saturated heterocycles. The Morgan fingerprint density at radius 1 is 1.20 bits per heavy atom. The van der Waals surface area contributed by atoms with Crippen LogP contribution in [0, 0.1) is 0 Å². The molecule has 0 fully saturated rings. The van der Waals surface area contributed by atoms with Gasteiger partial charge in [0.1, 0.15) is 0 Å². The first-order valence-electron chi connectivity index (χ1n) is 7.05. The molecule has 0 bridgehead atoms. The lowest BCUT2D eigenvalue weighted by Crippen LogP contribution is -2.35. The Labute approximate surface area is 122 Å². The highest BCUT2D eigenvalue weighted by Gasteiger charge is 2.18. The minimum atomic E-state index is -3.47. The third-order valence-corrected chi connectivity index (χ3v) is 4.88. The Balaban J connectivity index is 2.91. The van der Waals surface area contributed by atoms with Crippen LogP contribution >= 0.6 is 0 Å². The van der Waals surface area contributed by atoms with Crippen LogP contribution in [0.5, 0.6) is 0 Å². The first-order valence-corrected chi connectivity index (χ1v) is 8.49. The van der Waals surface area contributed by atoms with Gasteiger partial charge in [-0.3, -0.25) is 4.72 Å². The minimum absolute atomic E-state index is 0.193. The molecule has 0 radical (unpaired) electrons. The van der Waals surface area contributed by atoms with Crippen molar-refractivity contribution in [2.45, 2.75) is 33.7 Å². The van der Waals surface area contributed by atoms with Crippen LogP contribution in [-0.4, -0.2) is 32.4 Å². The smallest absolute Gasteiger partial charge is 0.301 e. The monoisotopic (exact) mass is 299 g/mol. The van der Waals surface area contributed by atoms with Crippen molar-refractivity contribution in [3.8, 4) is 0 Å². The van der Waals surface area contributed by atoms with Crippen molar-refractivity contribution in [2.24, 2.45) is 0 Å². The van der Waals surface area contributed by atoms with Crippen LogP contribution in [0.15, 0.2) is 24.3 Å². The van der Waals surface area contributed by atoms with Gasteiger partial charge >= 0.3 is 10.2 Å². The number of hydrogen-bond acceptors (Lipinski definition) is 3. The fraction of sp³-hybridized carbons (Fsp3) is 0.571. The molecule has 1 unspecified atom stereocenters. The Bertz CT molecular complexity index is 513. The maximum Gasteiger partial charge on any atom is 0.301 e. The van der Waals surface area contributed by atoms with Gasteiger partial charge in [0.25, 0.3) is 0 Å². The zero-order valence-electron chi connectivity index (χ0n) is 12.7. The predicted molar refractivity (Wildman–Crippen MR) is 84.0 cm³/mol. The van der Waals surface area contributed by atoms with Gasteiger partial charge in [-0.1, -0.05) is 32.9 Å². The lowest BCUT2D eigenvalue weighted by molar-refractivity contribution is 0.449. The van der Waals surface area contributed by atoms with Crippen molar-refractivity contribution in [1.29, 1.82) is 0 Å². The fourth-order valence-electron chi connectivity index (χ4n) is 2.07. The number of hydrogen-bond donors (Lipinski definition) is 2. The van der Waals surface area contributed by atoms with Crippen molar-refractivity contribution in [1.82, 2.24) is 9.62 Å².